The quantitative estimate of drug-likeness (QED) is 0.484. The summed E-state index contributed by atoms with van der Waals surface area (Å²) in [6.07, 6.45) is 2.17. The zero-order valence-electron chi connectivity index (χ0n) is 5.67. The Morgan fingerprint density at radius 1 is 1.44 bits per heavy atom. The van der Waals surface area contributed by atoms with Crippen LogP contribution < -0.4 is 5.32 Å². The number of nitrogens with one attached hydrogen (secondary N) is 1. The third-order valence-electron chi connectivity index (χ3n) is 2.72. The molecule has 0 spiro atoms. The summed E-state index contributed by atoms with van der Waals surface area (Å²) in [6.45, 7) is 2.16. The molecule has 1 saturated carbocycles. The van der Waals surface area contributed by atoms with E-state index in [0.29, 0.717) is 18.0 Å². The van der Waals surface area contributed by atoms with Gasteiger partial charge in [-0.25, -0.2) is 0 Å². The van der Waals surface area contributed by atoms with E-state index in [1.807, 2.05) is 0 Å². The molecule has 4 atom stereocenters. The Morgan fingerprint density at radius 3 is 2.56 bits per heavy atom. The zero-order chi connectivity index (χ0) is 6.43. The van der Waals surface area contributed by atoms with Crippen LogP contribution in [0.2, 0.25) is 0 Å². The largest absolute Gasteiger partial charge is 0.393 e. The van der Waals surface area contributed by atoms with Crippen LogP contribution in [0.4, 0.5) is 0 Å². The summed E-state index contributed by atoms with van der Waals surface area (Å²) in [5, 5.41) is 12.8. The van der Waals surface area contributed by atoms with Crippen LogP contribution in [0.1, 0.15) is 19.8 Å². The number of aliphatic hydroxyl groups excluding tert-OH is 1. The van der Waals surface area contributed by atoms with Crippen LogP contribution >= 0.6 is 0 Å². The lowest BCUT2D eigenvalue weighted by Gasteiger charge is -2.23. The maximum absolute atomic E-state index is 9.35. The summed E-state index contributed by atoms with van der Waals surface area (Å²) < 4.78 is 0. The minimum Gasteiger partial charge on any atom is -0.393 e. The van der Waals surface area contributed by atoms with Gasteiger partial charge in [0.1, 0.15) is 0 Å². The van der Waals surface area contributed by atoms with Crippen LogP contribution in [0.3, 0.4) is 0 Å². The third-order valence-corrected chi connectivity index (χ3v) is 2.72. The summed E-state index contributed by atoms with van der Waals surface area (Å²) in [5.41, 5.74) is 0. The molecule has 2 nitrogen and oxygen atoms in total. The van der Waals surface area contributed by atoms with Crippen molar-refractivity contribution in [3.63, 3.8) is 0 Å². The number of hydrogen-bond donors (Lipinski definition) is 2. The third kappa shape index (κ3) is 0.700. The molecule has 52 valence electrons. The molecule has 0 radical (unpaired) electrons. The SMILES string of the molecule is CC1NC2CC(O)C1C2. The van der Waals surface area contributed by atoms with Crippen LogP contribution in [0, 0.1) is 5.92 Å². The van der Waals surface area contributed by atoms with E-state index in [-0.39, 0.29) is 6.10 Å². The van der Waals surface area contributed by atoms with E-state index in [1.165, 1.54) is 6.42 Å². The molecule has 1 aliphatic heterocycles. The molecule has 1 heterocycles. The van der Waals surface area contributed by atoms with Crippen LogP contribution in [-0.2, 0) is 0 Å². The first-order chi connectivity index (χ1) is 4.27. The second kappa shape index (κ2) is 1.70. The van der Waals surface area contributed by atoms with E-state index < -0.39 is 0 Å². The van der Waals surface area contributed by atoms with Gasteiger partial charge in [0.2, 0.25) is 0 Å². The van der Waals surface area contributed by atoms with E-state index in [9.17, 15) is 5.11 Å². The smallest absolute Gasteiger partial charge is 0.0598 e. The second-order valence-corrected chi connectivity index (χ2v) is 3.35. The molecule has 4 unspecified atom stereocenters. The maximum atomic E-state index is 9.35. The van der Waals surface area contributed by atoms with Crippen LogP contribution in [0.15, 0.2) is 0 Å². The van der Waals surface area contributed by atoms with Crippen molar-refractivity contribution in [1.29, 1.82) is 0 Å². The fourth-order valence-corrected chi connectivity index (χ4v) is 2.22. The van der Waals surface area contributed by atoms with E-state index >= 15 is 0 Å². The molecular formula is C7H13NO. The van der Waals surface area contributed by atoms with Crippen LogP contribution in [-0.4, -0.2) is 23.3 Å². The van der Waals surface area contributed by atoms with Gasteiger partial charge in [-0.05, 0) is 19.8 Å². The van der Waals surface area contributed by atoms with Crippen molar-refractivity contribution in [2.45, 2.75) is 38.0 Å². The Morgan fingerprint density at radius 2 is 2.22 bits per heavy atom. The lowest BCUT2D eigenvalue weighted by Crippen LogP contribution is -2.39. The summed E-state index contributed by atoms with van der Waals surface area (Å²) >= 11 is 0. The molecule has 2 rings (SSSR count). The zero-order valence-corrected chi connectivity index (χ0v) is 5.67. The van der Waals surface area contributed by atoms with E-state index in [2.05, 4.69) is 12.2 Å². The van der Waals surface area contributed by atoms with Gasteiger partial charge in [-0.1, -0.05) is 0 Å². The minimum atomic E-state index is -0.00810. The van der Waals surface area contributed by atoms with Gasteiger partial charge < -0.3 is 10.4 Å². The van der Waals surface area contributed by atoms with Gasteiger partial charge in [0.25, 0.3) is 0 Å². The fourth-order valence-electron chi connectivity index (χ4n) is 2.22. The minimum absolute atomic E-state index is 0.00810. The fraction of sp³-hybridized carbons (Fsp3) is 1.00. The van der Waals surface area contributed by atoms with Gasteiger partial charge in [0, 0.05) is 18.0 Å². The number of aliphatic hydroxyl groups is 1. The van der Waals surface area contributed by atoms with Gasteiger partial charge in [0.15, 0.2) is 0 Å². The van der Waals surface area contributed by atoms with Crippen molar-refractivity contribution in [3.05, 3.63) is 0 Å². The van der Waals surface area contributed by atoms with Crippen molar-refractivity contribution in [2.24, 2.45) is 5.92 Å². The molecule has 1 aliphatic carbocycles. The molecule has 0 aromatic heterocycles. The molecule has 2 heteroatoms. The maximum Gasteiger partial charge on any atom is 0.0598 e. The summed E-state index contributed by atoms with van der Waals surface area (Å²) in [6, 6.07) is 1.18. The first-order valence-electron chi connectivity index (χ1n) is 3.71. The highest BCUT2D eigenvalue weighted by atomic mass is 16.3. The highest BCUT2D eigenvalue weighted by Crippen LogP contribution is 2.34. The predicted octanol–water partition coefficient (Wildman–Crippen LogP) is 0.118. The normalized spacial score (nSPS) is 56.7. The Kier molecular flexibility index (Phi) is 1.08. The predicted molar refractivity (Wildman–Crippen MR) is 35.1 cm³/mol. The topological polar surface area (TPSA) is 32.3 Å². The average Bonchev–Trinajstić information content (AvgIpc) is 2.22. The van der Waals surface area contributed by atoms with Gasteiger partial charge in [-0.3, -0.25) is 0 Å². The second-order valence-electron chi connectivity index (χ2n) is 3.35. The van der Waals surface area contributed by atoms with Crippen LogP contribution in [0.25, 0.3) is 0 Å². The molecule has 2 bridgehead atoms. The number of piperidine rings is 1. The molecule has 2 N–H and O–H groups in total. The van der Waals surface area contributed by atoms with Crippen molar-refractivity contribution >= 4 is 0 Å². The summed E-state index contributed by atoms with van der Waals surface area (Å²) in [4.78, 5) is 0. The van der Waals surface area contributed by atoms with Gasteiger partial charge in [-0.15, -0.1) is 0 Å². The lowest BCUT2D eigenvalue weighted by molar-refractivity contribution is 0.102. The van der Waals surface area contributed by atoms with Crippen molar-refractivity contribution < 1.29 is 5.11 Å². The number of fused-ring (bicyclic) bond motifs is 2. The Bertz CT molecular complexity index is 114. The first kappa shape index (κ1) is 5.69. The standard InChI is InChI=1S/C7H13NO/c1-4-6-2-5(8-4)3-7(6)9/h4-9H,2-3H2,1H3. The summed E-state index contributed by atoms with van der Waals surface area (Å²) in [7, 11) is 0. The molecule has 2 fully saturated rings. The summed E-state index contributed by atoms with van der Waals surface area (Å²) in [5.74, 6) is 0.551. The van der Waals surface area contributed by atoms with Gasteiger partial charge in [0.05, 0.1) is 6.10 Å². The molecular weight excluding hydrogens is 114 g/mol. The Labute approximate surface area is 55.3 Å². The highest BCUT2D eigenvalue weighted by Gasteiger charge is 2.42. The average molecular weight is 127 g/mol. The van der Waals surface area contributed by atoms with Crippen molar-refractivity contribution in [1.82, 2.24) is 5.32 Å². The van der Waals surface area contributed by atoms with E-state index in [4.69, 9.17) is 0 Å². The molecule has 1 saturated heterocycles. The molecule has 0 aromatic carbocycles. The number of hydrogen-bond acceptors (Lipinski definition) is 2. The molecule has 0 amide bonds. The molecule has 0 aromatic rings. The van der Waals surface area contributed by atoms with Gasteiger partial charge >= 0.3 is 0 Å². The molecule has 9 heavy (non-hydrogen) atoms. The highest BCUT2D eigenvalue weighted by molar-refractivity contribution is 4.99. The van der Waals surface area contributed by atoms with Gasteiger partial charge in [-0.2, -0.15) is 0 Å². The van der Waals surface area contributed by atoms with E-state index in [0.717, 1.165) is 6.42 Å². The van der Waals surface area contributed by atoms with E-state index in [1.54, 1.807) is 0 Å². The van der Waals surface area contributed by atoms with Crippen molar-refractivity contribution in [2.75, 3.05) is 0 Å². The van der Waals surface area contributed by atoms with Crippen LogP contribution in [0.5, 0.6) is 0 Å². The monoisotopic (exact) mass is 127 g/mol. The molecule has 2 aliphatic rings. The lowest BCUT2D eigenvalue weighted by atomic mass is 9.99. The van der Waals surface area contributed by atoms with Crippen molar-refractivity contribution in [3.8, 4) is 0 Å². The Balaban J connectivity index is 2.13. The number of rotatable bonds is 0. The first-order valence-corrected chi connectivity index (χ1v) is 3.71. The Hall–Kier alpha value is -0.0800.